The lowest BCUT2D eigenvalue weighted by Gasteiger charge is -2.47. The van der Waals surface area contributed by atoms with Gasteiger partial charge in [-0.2, -0.15) is 0 Å². The van der Waals surface area contributed by atoms with Crippen LogP contribution in [-0.4, -0.2) is 48.6 Å². The Hall–Kier alpha value is -3.20. The first kappa shape index (κ1) is 23.9. The van der Waals surface area contributed by atoms with E-state index in [2.05, 4.69) is 35.3 Å². The van der Waals surface area contributed by atoms with Gasteiger partial charge in [0.15, 0.2) is 0 Å². The van der Waals surface area contributed by atoms with E-state index in [0.717, 1.165) is 17.2 Å². The molecule has 180 valence electrons. The molecule has 9 heteroatoms. The molecular formula is C25H31N3O5Si. The summed E-state index contributed by atoms with van der Waals surface area (Å²) in [5.74, 6) is -2.19. The number of esters is 1. The van der Waals surface area contributed by atoms with Crippen molar-refractivity contribution < 1.29 is 24.2 Å². The molecule has 2 aromatic rings. The highest BCUT2D eigenvalue weighted by Crippen LogP contribution is 2.52. The molecule has 1 aromatic heterocycles. The van der Waals surface area contributed by atoms with E-state index in [1.54, 1.807) is 36.7 Å². The standard InChI is InChI=1S/C25H31N3O5Si/c1-34(2,3)10-9-33-24(31)22-19-12-20(30)21(18-11-16(29)6-7-17(18)19)23(22)28-25(32)27-14-15-5-4-8-26-13-15/h4-8,11,13,19,21-23,29H,9-10,12,14H2,1-3H3,(H2,27,28,32). The van der Waals surface area contributed by atoms with Crippen molar-refractivity contribution in [1.29, 1.82) is 0 Å². The number of fused-ring (bicyclic) bond motifs is 2. The maximum Gasteiger partial charge on any atom is 0.315 e. The zero-order valence-corrected chi connectivity index (χ0v) is 20.7. The molecule has 1 fully saturated rings. The Morgan fingerprint density at radius 1 is 1.21 bits per heavy atom. The number of phenolic OH excluding ortho intramolecular Hbond substituents is 1. The highest BCUT2D eigenvalue weighted by atomic mass is 28.3. The third-order valence-electron chi connectivity index (χ3n) is 6.59. The molecule has 0 saturated heterocycles. The molecule has 5 rings (SSSR count). The fourth-order valence-corrected chi connectivity index (χ4v) is 5.61. The van der Waals surface area contributed by atoms with Crippen LogP contribution in [0.4, 0.5) is 4.79 Å². The molecule has 2 amide bonds. The summed E-state index contributed by atoms with van der Waals surface area (Å²) in [6, 6.07) is 8.15. The molecule has 1 heterocycles. The average Bonchev–Trinajstić information content (AvgIpc) is 2.77. The Bertz CT molecular complexity index is 1090. The number of carbonyl (C=O) groups excluding carboxylic acids is 3. The van der Waals surface area contributed by atoms with Crippen LogP contribution >= 0.6 is 0 Å². The largest absolute Gasteiger partial charge is 0.508 e. The minimum Gasteiger partial charge on any atom is -0.508 e. The normalized spacial score (nSPS) is 23.2. The van der Waals surface area contributed by atoms with Crippen molar-refractivity contribution in [3.8, 4) is 5.75 Å². The summed E-state index contributed by atoms with van der Waals surface area (Å²) in [6.07, 6.45) is 3.52. The van der Waals surface area contributed by atoms with Crippen LogP contribution in [0.5, 0.6) is 5.75 Å². The molecule has 4 unspecified atom stereocenters. The van der Waals surface area contributed by atoms with Crippen LogP contribution in [0, 0.1) is 5.92 Å². The number of nitrogens with zero attached hydrogens (tertiary/aromatic N) is 1. The molecule has 34 heavy (non-hydrogen) atoms. The smallest absolute Gasteiger partial charge is 0.315 e. The molecule has 3 N–H and O–H groups in total. The van der Waals surface area contributed by atoms with Gasteiger partial charge in [-0.05, 0) is 40.9 Å². The molecular weight excluding hydrogens is 450 g/mol. The van der Waals surface area contributed by atoms with Crippen LogP contribution in [0.3, 0.4) is 0 Å². The molecule has 3 aliphatic rings. The lowest BCUT2D eigenvalue weighted by Crippen LogP contribution is -2.59. The molecule has 0 radical (unpaired) electrons. The van der Waals surface area contributed by atoms with Gasteiger partial charge in [-0.3, -0.25) is 14.6 Å². The molecule has 3 aliphatic carbocycles. The predicted molar refractivity (Wildman–Crippen MR) is 129 cm³/mol. The maximum atomic E-state index is 13.3. The summed E-state index contributed by atoms with van der Waals surface area (Å²) in [6.45, 7) is 7.22. The van der Waals surface area contributed by atoms with Crippen molar-refractivity contribution in [3.05, 3.63) is 59.4 Å². The number of phenols is 1. The number of pyridine rings is 1. The Morgan fingerprint density at radius 2 is 2.00 bits per heavy atom. The molecule has 4 atom stereocenters. The fourth-order valence-electron chi connectivity index (χ4n) is 4.89. The number of benzene rings is 1. The van der Waals surface area contributed by atoms with Crippen molar-refractivity contribution in [3.63, 3.8) is 0 Å². The molecule has 1 saturated carbocycles. The van der Waals surface area contributed by atoms with Gasteiger partial charge in [0.25, 0.3) is 0 Å². The molecule has 0 aliphatic heterocycles. The number of hydrogen-bond donors (Lipinski definition) is 3. The van der Waals surface area contributed by atoms with E-state index in [1.807, 2.05) is 6.07 Å². The highest BCUT2D eigenvalue weighted by Gasteiger charge is 2.55. The predicted octanol–water partition coefficient (Wildman–Crippen LogP) is 3.31. The van der Waals surface area contributed by atoms with E-state index in [-0.39, 0.29) is 24.5 Å². The second-order valence-corrected chi connectivity index (χ2v) is 15.9. The Balaban J connectivity index is 1.57. The summed E-state index contributed by atoms with van der Waals surface area (Å²) in [5, 5.41) is 15.7. The Kier molecular flexibility index (Phi) is 6.74. The number of aromatic nitrogens is 1. The maximum absolute atomic E-state index is 13.3. The summed E-state index contributed by atoms with van der Waals surface area (Å²) < 4.78 is 5.68. The van der Waals surface area contributed by atoms with Crippen molar-refractivity contribution >= 4 is 25.9 Å². The van der Waals surface area contributed by atoms with Gasteiger partial charge >= 0.3 is 12.0 Å². The van der Waals surface area contributed by atoms with Gasteiger partial charge < -0.3 is 20.5 Å². The van der Waals surface area contributed by atoms with Gasteiger partial charge in [0.1, 0.15) is 11.5 Å². The van der Waals surface area contributed by atoms with E-state index < -0.39 is 43.9 Å². The van der Waals surface area contributed by atoms with Gasteiger partial charge in [-0.15, -0.1) is 0 Å². The SMILES string of the molecule is C[Si](C)(C)CCOC(=O)C1C2CC(=O)C(c3cc(O)ccc32)C1NC(=O)NCc1cccnc1. The molecule has 1 aromatic carbocycles. The number of ketones is 1. The third kappa shape index (κ3) is 5.14. The van der Waals surface area contributed by atoms with E-state index in [4.69, 9.17) is 4.74 Å². The minimum atomic E-state index is -1.40. The number of aromatic hydroxyl groups is 1. The first-order valence-corrected chi connectivity index (χ1v) is 15.3. The molecule has 0 spiro atoms. The van der Waals surface area contributed by atoms with Crippen molar-refractivity contribution in [2.45, 2.75) is 56.5 Å². The number of nitrogens with one attached hydrogen (secondary N) is 2. The van der Waals surface area contributed by atoms with E-state index in [9.17, 15) is 19.5 Å². The summed E-state index contributed by atoms with van der Waals surface area (Å²) in [4.78, 5) is 43.1. The number of hydrogen-bond acceptors (Lipinski definition) is 6. The summed E-state index contributed by atoms with van der Waals surface area (Å²) in [7, 11) is -1.40. The topological polar surface area (TPSA) is 118 Å². The van der Waals surface area contributed by atoms with E-state index in [0.29, 0.717) is 12.2 Å². The lowest BCUT2D eigenvalue weighted by molar-refractivity contribution is -0.152. The van der Waals surface area contributed by atoms with Crippen LogP contribution in [0.15, 0.2) is 42.7 Å². The van der Waals surface area contributed by atoms with Gasteiger partial charge in [0.05, 0.1) is 24.5 Å². The lowest BCUT2D eigenvalue weighted by atomic mass is 9.58. The molecule has 2 bridgehead atoms. The van der Waals surface area contributed by atoms with Crippen LogP contribution in [0.25, 0.3) is 0 Å². The van der Waals surface area contributed by atoms with Gasteiger partial charge in [-0.25, -0.2) is 4.79 Å². The van der Waals surface area contributed by atoms with Crippen molar-refractivity contribution in [2.75, 3.05) is 6.61 Å². The minimum absolute atomic E-state index is 0.0492. The van der Waals surface area contributed by atoms with Crippen molar-refractivity contribution in [1.82, 2.24) is 15.6 Å². The number of ether oxygens (including phenoxy) is 1. The van der Waals surface area contributed by atoms with E-state index in [1.165, 1.54) is 0 Å². The number of Topliss-reactive ketones (excluding diaryl/α,β-unsaturated/α-hetero) is 1. The monoisotopic (exact) mass is 481 g/mol. The Labute approximate surface area is 200 Å². The van der Waals surface area contributed by atoms with Gasteiger partial charge in [0, 0.05) is 39.4 Å². The van der Waals surface area contributed by atoms with Crippen molar-refractivity contribution in [2.24, 2.45) is 5.92 Å². The quantitative estimate of drug-likeness (QED) is 0.413. The number of rotatable bonds is 7. The van der Waals surface area contributed by atoms with Crippen LogP contribution in [-0.2, 0) is 20.9 Å². The first-order chi connectivity index (χ1) is 16.1. The summed E-state index contributed by atoms with van der Waals surface area (Å²) in [5.41, 5.74) is 2.37. The van der Waals surface area contributed by atoms with Gasteiger partial charge in [-0.1, -0.05) is 31.8 Å². The zero-order chi connectivity index (χ0) is 24.5. The number of carbonyl (C=O) groups is 3. The summed E-state index contributed by atoms with van der Waals surface area (Å²) >= 11 is 0. The fraction of sp³-hybridized carbons (Fsp3) is 0.440. The van der Waals surface area contributed by atoms with Crippen LogP contribution in [0.1, 0.15) is 34.9 Å². The molecule has 8 nitrogen and oxygen atoms in total. The third-order valence-corrected chi connectivity index (χ3v) is 8.30. The van der Waals surface area contributed by atoms with Gasteiger partial charge in [0.2, 0.25) is 0 Å². The number of urea groups is 1. The average molecular weight is 482 g/mol. The highest BCUT2D eigenvalue weighted by molar-refractivity contribution is 6.76. The first-order valence-electron chi connectivity index (χ1n) is 11.6. The van der Waals surface area contributed by atoms with E-state index >= 15 is 0 Å². The van der Waals surface area contributed by atoms with Crippen LogP contribution in [0.2, 0.25) is 25.7 Å². The number of amides is 2. The van der Waals surface area contributed by atoms with Crippen LogP contribution < -0.4 is 10.6 Å². The second kappa shape index (κ2) is 9.58. The second-order valence-electron chi connectivity index (χ2n) is 10.3. The zero-order valence-electron chi connectivity index (χ0n) is 19.7. The Morgan fingerprint density at radius 3 is 2.71 bits per heavy atom.